The summed E-state index contributed by atoms with van der Waals surface area (Å²) in [5, 5.41) is 0. The number of rotatable bonds is 6. The number of hydrogen-bond donors (Lipinski definition) is 0. The van der Waals surface area contributed by atoms with E-state index in [4.69, 9.17) is 9.47 Å². The normalized spacial score (nSPS) is 15.4. The smallest absolute Gasteiger partial charge is 0.333 e. The van der Waals surface area contributed by atoms with Gasteiger partial charge in [0.2, 0.25) is 0 Å². The maximum absolute atomic E-state index is 10.7. The molecule has 106 valence electrons. The zero-order valence-electron chi connectivity index (χ0n) is 11.4. The van der Waals surface area contributed by atoms with Crippen LogP contribution < -0.4 is 0 Å². The van der Waals surface area contributed by atoms with E-state index in [1.54, 1.807) is 13.8 Å². The van der Waals surface area contributed by atoms with Crippen LogP contribution in [0.5, 0.6) is 0 Å². The Labute approximate surface area is 113 Å². The number of carbonyl (C=O) groups is 2. The molecule has 0 aromatic carbocycles. The van der Waals surface area contributed by atoms with Gasteiger partial charge in [0.1, 0.15) is 19.3 Å². The summed E-state index contributed by atoms with van der Waals surface area (Å²) < 4.78 is 14.2. The predicted octanol–water partition coefficient (Wildman–Crippen LogP) is 1.80. The second-order valence-corrected chi connectivity index (χ2v) is 4.00. The largest absolute Gasteiger partial charge is 0.459 e. The Morgan fingerprint density at radius 1 is 1.21 bits per heavy atom. The summed E-state index contributed by atoms with van der Waals surface area (Å²) in [6.07, 6.45) is 1.66. The molecule has 0 N–H and O–H groups in total. The first-order chi connectivity index (χ1) is 8.88. The van der Waals surface area contributed by atoms with Gasteiger partial charge in [-0.15, -0.1) is 0 Å². The monoisotopic (exact) mass is 268 g/mol. The van der Waals surface area contributed by atoms with Crippen LogP contribution in [-0.2, 0) is 23.8 Å². The van der Waals surface area contributed by atoms with Crippen LogP contribution in [0.3, 0.4) is 0 Å². The minimum absolute atomic E-state index is 0.142. The van der Waals surface area contributed by atoms with Crippen molar-refractivity contribution in [3.05, 3.63) is 37.0 Å². The summed E-state index contributed by atoms with van der Waals surface area (Å²) in [7, 11) is 0. The number of epoxide rings is 1. The lowest BCUT2D eigenvalue weighted by molar-refractivity contribution is -0.139. The lowest BCUT2D eigenvalue weighted by Gasteiger charge is -1.99. The van der Waals surface area contributed by atoms with Gasteiger partial charge in [0.05, 0.1) is 6.61 Å². The minimum Gasteiger partial charge on any atom is -0.459 e. The van der Waals surface area contributed by atoms with Crippen LogP contribution in [-0.4, -0.2) is 37.9 Å². The van der Waals surface area contributed by atoms with Crippen molar-refractivity contribution in [2.24, 2.45) is 0 Å². The van der Waals surface area contributed by atoms with Gasteiger partial charge in [-0.05, 0) is 13.8 Å². The number of hydrogen-bond acceptors (Lipinski definition) is 5. The molecule has 1 atom stereocenters. The molecule has 1 rings (SSSR count). The summed E-state index contributed by atoms with van der Waals surface area (Å²) in [4.78, 5) is 21.2. The zero-order valence-corrected chi connectivity index (χ0v) is 11.4. The number of esters is 2. The first kappa shape index (κ1) is 17.1. The highest BCUT2D eigenvalue weighted by molar-refractivity contribution is 5.87. The number of carbonyl (C=O) groups excluding carboxylic acids is 2. The molecule has 0 bridgehead atoms. The van der Waals surface area contributed by atoms with Crippen molar-refractivity contribution in [3.8, 4) is 0 Å². The molecular formula is C14H20O5. The molecule has 1 aliphatic rings. The van der Waals surface area contributed by atoms with Crippen LogP contribution in [0.4, 0.5) is 0 Å². The van der Waals surface area contributed by atoms with Gasteiger partial charge in [-0.1, -0.05) is 25.8 Å². The van der Waals surface area contributed by atoms with E-state index in [1.807, 2.05) is 0 Å². The molecule has 19 heavy (non-hydrogen) atoms. The van der Waals surface area contributed by atoms with Crippen molar-refractivity contribution in [1.29, 1.82) is 0 Å². The second-order valence-electron chi connectivity index (χ2n) is 4.00. The lowest BCUT2D eigenvalue weighted by atomic mass is 10.4. The van der Waals surface area contributed by atoms with Gasteiger partial charge < -0.3 is 14.2 Å². The van der Waals surface area contributed by atoms with Crippen molar-refractivity contribution >= 4 is 11.9 Å². The molecule has 0 radical (unpaired) electrons. The van der Waals surface area contributed by atoms with Gasteiger partial charge in [-0.25, -0.2) is 9.59 Å². The molecule has 0 aromatic heterocycles. The van der Waals surface area contributed by atoms with Crippen molar-refractivity contribution in [3.63, 3.8) is 0 Å². The lowest BCUT2D eigenvalue weighted by Crippen LogP contribution is -2.09. The Balaban J connectivity index is 0.000000344. The summed E-state index contributed by atoms with van der Waals surface area (Å²) in [6, 6.07) is 0. The fourth-order valence-corrected chi connectivity index (χ4v) is 0.714. The third kappa shape index (κ3) is 9.79. The molecule has 0 saturated carbocycles. The quantitative estimate of drug-likeness (QED) is 0.318. The molecule has 1 fully saturated rings. The Morgan fingerprint density at radius 2 is 1.68 bits per heavy atom. The summed E-state index contributed by atoms with van der Waals surface area (Å²) in [5.41, 5.74) is 0.845. The third-order valence-electron chi connectivity index (χ3n) is 1.83. The van der Waals surface area contributed by atoms with Crippen LogP contribution in [0.2, 0.25) is 0 Å². The molecule has 0 amide bonds. The van der Waals surface area contributed by atoms with E-state index < -0.39 is 0 Å². The molecule has 1 aliphatic heterocycles. The molecule has 5 heteroatoms. The Kier molecular flexibility index (Phi) is 8.20. The minimum atomic E-state index is -0.366. The average Bonchev–Trinajstić information content (AvgIpc) is 3.17. The van der Waals surface area contributed by atoms with E-state index in [0.717, 1.165) is 0 Å². The van der Waals surface area contributed by atoms with Gasteiger partial charge in [0.15, 0.2) is 0 Å². The summed E-state index contributed by atoms with van der Waals surface area (Å²) >= 11 is 0. The topological polar surface area (TPSA) is 65.1 Å². The fraction of sp³-hybridized carbons (Fsp3) is 0.429. The van der Waals surface area contributed by atoms with Crippen LogP contribution in [0.15, 0.2) is 37.0 Å². The van der Waals surface area contributed by atoms with Crippen molar-refractivity contribution < 1.29 is 23.8 Å². The molecule has 1 unspecified atom stereocenters. The fourth-order valence-electron chi connectivity index (χ4n) is 0.714. The first-order valence-corrected chi connectivity index (χ1v) is 5.76. The average molecular weight is 268 g/mol. The van der Waals surface area contributed by atoms with Gasteiger partial charge in [0.25, 0.3) is 0 Å². The second kappa shape index (κ2) is 9.10. The highest BCUT2D eigenvalue weighted by atomic mass is 16.6. The summed E-state index contributed by atoms with van der Waals surface area (Å²) in [6.45, 7) is 14.8. The van der Waals surface area contributed by atoms with Crippen molar-refractivity contribution in [2.75, 3.05) is 19.8 Å². The zero-order chi connectivity index (χ0) is 14.8. The molecule has 1 heterocycles. The Hall–Kier alpha value is -1.88. The van der Waals surface area contributed by atoms with E-state index in [2.05, 4.69) is 24.5 Å². The molecular weight excluding hydrogens is 248 g/mol. The highest BCUT2D eigenvalue weighted by Crippen LogP contribution is 2.09. The maximum atomic E-state index is 10.7. The van der Waals surface area contributed by atoms with E-state index >= 15 is 0 Å². The third-order valence-corrected chi connectivity index (χ3v) is 1.83. The number of ether oxygens (including phenoxy) is 3. The standard InChI is InChI=1S/C7H10O3.C7H10O2/c1-5(2)7(8)10-4-6-3-9-6;1-4-5-9-7(8)6(2)3/h6H,1,3-4H2,2H3;4H,1-2,5H2,3H3. The molecule has 0 aliphatic carbocycles. The van der Waals surface area contributed by atoms with E-state index in [9.17, 15) is 9.59 Å². The Bertz CT molecular complexity index is 366. The van der Waals surface area contributed by atoms with E-state index in [0.29, 0.717) is 24.4 Å². The van der Waals surface area contributed by atoms with E-state index in [1.165, 1.54) is 6.08 Å². The molecule has 0 aromatic rings. The van der Waals surface area contributed by atoms with Crippen LogP contribution in [0.1, 0.15) is 13.8 Å². The van der Waals surface area contributed by atoms with Crippen molar-refractivity contribution in [2.45, 2.75) is 20.0 Å². The molecule has 5 nitrogen and oxygen atoms in total. The van der Waals surface area contributed by atoms with Gasteiger partial charge in [-0.2, -0.15) is 0 Å². The highest BCUT2D eigenvalue weighted by Gasteiger charge is 2.24. The van der Waals surface area contributed by atoms with Crippen LogP contribution in [0, 0.1) is 0 Å². The SMILES string of the molecule is C=C(C)C(=O)OCC1CO1.C=CCOC(=O)C(=C)C. The first-order valence-electron chi connectivity index (χ1n) is 5.76. The van der Waals surface area contributed by atoms with Gasteiger partial charge >= 0.3 is 11.9 Å². The van der Waals surface area contributed by atoms with Crippen LogP contribution >= 0.6 is 0 Å². The van der Waals surface area contributed by atoms with Gasteiger partial charge in [-0.3, -0.25) is 0 Å². The van der Waals surface area contributed by atoms with E-state index in [-0.39, 0.29) is 24.6 Å². The van der Waals surface area contributed by atoms with Crippen LogP contribution in [0.25, 0.3) is 0 Å². The summed E-state index contributed by atoms with van der Waals surface area (Å²) in [5.74, 6) is -0.703. The van der Waals surface area contributed by atoms with Gasteiger partial charge in [0, 0.05) is 11.1 Å². The maximum Gasteiger partial charge on any atom is 0.333 e. The van der Waals surface area contributed by atoms with Crippen molar-refractivity contribution in [1.82, 2.24) is 0 Å². The Morgan fingerprint density at radius 3 is 2.05 bits per heavy atom. The molecule has 1 saturated heterocycles. The molecule has 0 spiro atoms. The predicted molar refractivity (Wildman–Crippen MR) is 71.5 cm³/mol.